The Morgan fingerprint density at radius 3 is 2.48 bits per heavy atom. The first kappa shape index (κ1) is 18.0. The monoisotopic (exact) mass is 380 g/mol. The summed E-state index contributed by atoms with van der Waals surface area (Å²) >= 11 is 0. The van der Waals surface area contributed by atoms with Crippen molar-refractivity contribution in [3.63, 3.8) is 0 Å². The van der Waals surface area contributed by atoms with Gasteiger partial charge in [-0.1, -0.05) is 54.6 Å². The van der Waals surface area contributed by atoms with Gasteiger partial charge < -0.3 is 4.57 Å². The SMILES string of the molecule is Cn1cc(C2=CCN(S(=O)(=O)CCc3ccccc3)CC2)c2ccccc21. The van der Waals surface area contributed by atoms with E-state index in [1.807, 2.05) is 36.4 Å². The third-order valence-electron chi connectivity index (χ3n) is 5.30. The van der Waals surface area contributed by atoms with Crippen molar-refractivity contribution < 1.29 is 8.42 Å². The molecule has 3 aromatic rings. The number of hydrogen-bond donors (Lipinski definition) is 0. The Labute approximate surface area is 160 Å². The first-order chi connectivity index (χ1) is 13.0. The Hall–Kier alpha value is -2.37. The molecule has 0 fully saturated rings. The molecule has 0 N–H and O–H groups in total. The second kappa shape index (κ2) is 7.33. The van der Waals surface area contributed by atoms with Gasteiger partial charge in [-0.25, -0.2) is 8.42 Å². The summed E-state index contributed by atoms with van der Waals surface area (Å²) in [7, 11) is -1.19. The van der Waals surface area contributed by atoms with Crippen molar-refractivity contribution in [1.29, 1.82) is 0 Å². The lowest BCUT2D eigenvalue weighted by atomic mass is 10.00. The quantitative estimate of drug-likeness (QED) is 0.675. The van der Waals surface area contributed by atoms with Crippen molar-refractivity contribution in [2.45, 2.75) is 12.8 Å². The fourth-order valence-corrected chi connectivity index (χ4v) is 5.19. The van der Waals surface area contributed by atoms with Gasteiger partial charge in [0.15, 0.2) is 0 Å². The van der Waals surface area contributed by atoms with Crippen LogP contribution in [0.15, 0.2) is 66.9 Å². The Morgan fingerprint density at radius 2 is 1.74 bits per heavy atom. The zero-order chi connectivity index (χ0) is 18.9. The van der Waals surface area contributed by atoms with E-state index in [4.69, 9.17) is 0 Å². The van der Waals surface area contributed by atoms with E-state index in [1.54, 1.807) is 4.31 Å². The molecule has 0 atom stereocenters. The van der Waals surface area contributed by atoms with Crippen LogP contribution in [-0.2, 0) is 23.5 Å². The van der Waals surface area contributed by atoms with Crippen molar-refractivity contribution in [2.75, 3.05) is 18.8 Å². The molecule has 0 aliphatic carbocycles. The average Bonchev–Trinajstić information content (AvgIpc) is 3.04. The summed E-state index contributed by atoms with van der Waals surface area (Å²) in [4.78, 5) is 0. The normalized spacial score (nSPS) is 15.8. The topological polar surface area (TPSA) is 42.3 Å². The zero-order valence-corrected chi connectivity index (χ0v) is 16.3. The largest absolute Gasteiger partial charge is 0.350 e. The van der Waals surface area contributed by atoms with Crippen LogP contribution in [0.3, 0.4) is 0 Å². The Balaban J connectivity index is 1.49. The van der Waals surface area contributed by atoms with Crippen molar-refractivity contribution >= 4 is 26.5 Å². The highest BCUT2D eigenvalue weighted by Crippen LogP contribution is 2.31. The van der Waals surface area contributed by atoms with Crippen LogP contribution in [0.1, 0.15) is 17.5 Å². The van der Waals surface area contributed by atoms with Gasteiger partial charge in [-0.2, -0.15) is 4.31 Å². The van der Waals surface area contributed by atoms with E-state index in [2.05, 4.69) is 42.1 Å². The Bertz CT molecular complexity index is 1080. The van der Waals surface area contributed by atoms with Crippen LogP contribution in [0.5, 0.6) is 0 Å². The van der Waals surface area contributed by atoms with E-state index in [1.165, 1.54) is 22.0 Å². The van der Waals surface area contributed by atoms with E-state index in [0.717, 1.165) is 12.0 Å². The fraction of sp³-hybridized carbons (Fsp3) is 0.273. The van der Waals surface area contributed by atoms with Crippen molar-refractivity contribution in [2.24, 2.45) is 7.05 Å². The summed E-state index contributed by atoms with van der Waals surface area (Å²) in [6, 6.07) is 18.1. The average molecular weight is 381 g/mol. The molecule has 1 aromatic heterocycles. The molecule has 2 aromatic carbocycles. The Morgan fingerprint density at radius 1 is 1.00 bits per heavy atom. The zero-order valence-electron chi connectivity index (χ0n) is 15.5. The molecule has 0 saturated heterocycles. The standard InChI is InChI=1S/C22H24N2O2S/c1-23-17-21(20-9-5-6-10-22(20)23)19-11-14-24(15-12-19)27(25,26)16-13-18-7-3-2-4-8-18/h2-11,17H,12-16H2,1H3. The summed E-state index contributed by atoms with van der Waals surface area (Å²) in [6.07, 6.45) is 5.53. The van der Waals surface area contributed by atoms with Crippen LogP contribution in [0, 0.1) is 0 Å². The molecule has 5 heteroatoms. The summed E-state index contributed by atoms with van der Waals surface area (Å²) in [5, 5.41) is 1.23. The van der Waals surface area contributed by atoms with E-state index < -0.39 is 10.0 Å². The predicted molar refractivity (Wildman–Crippen MR) is 111 cm³/mol. The maximum atomic E-state index is 12.7. The third-order valence-corrected chi connectivity index (χ3v) is 7.14. The molecule has 1 aliphatic rings. The van der Waals surface area contributed by atoms with E-state index in [0.29, 0.717) is 19.5 Å². The molecule has 0 unspecified atom stereocenters. The first-order valence-electron chi connectivity index (χ1n) is 9.30. The number of benzene rings is 2. The minimum Gasteiger partial charge on any atom is -0.350 e. The van der Waals surface area contributed by atoms with Gasteiger partial charge in [0.05, 0.1) is 5.75 Å². The maximum absolute atomic E-state index is 12.7. The molecule has 1 aliphatic heterocycles. The Kier molecular flexibility index (Phi) is 4.89. The first-order valence-corrected chi connectivity index (χ1v) is 10.9. The van der Waals surface area contributed by atoms with Crippen LogP contribution >= 0.6 is 0 Å². The van der Waals surface area contributed by atoms with Crippen molar-refractivity contribution in [3.05, 3.63) is 78.0 Å². The lowest BCUT2D eigenvalue weighted by Gasteiger charge is -2.26. The van der Waals surface area contributed by atoms with Gasteiger partial charge in [-0.3, -0.25) is 0 Å². The van der Waals surface area contributed by atoms with Crippen LogP contribution in [0.2, 0.25) is 0 Å². The highest BCUT2D eigenvalue weighted by Gasteiger charge is 2.25. The number of sulfonamides is 1. The summed E-state index contributed by atoms with van der Waals surface area (Å²) in [5.41, 5.74) is 4.71. The molecule has 0 bridgehead atoms. The van der Waals surface area contributed by atoms with Gasteiger partial charge in [-0.15, -0.1) is 0 Å². The molecule has 0 radical (unpaired) electrons. The summed E-state index contributed by atoms with van der Waals surface area (Å²) < 4.78 is 29.2. The maximum Gasteiger partial charge on any atom is 0.214 e. The number of aryl methyl sites for hydroxylation is 2. The summed E-state index contributed by atoms with van der Waals surface area (Å²) in [5.74, 6) is 0.161. The molecule has 0 spiro atoms. The molecule has 140 valence electrons. The second-order valence-electron chi connectivity index (χ2n) is 7.06. The van der Waals surface area contributed by atoms with Crippen LogP contribution in [0.4, 0.5) is 0 Å². The highest BCUT2D eigenvalue weighted by molar-refractivity contribution is 7.89. The van der Waals surface area contributed by atoms with Gasteiger partial charge >= 0.3 is 0 Å². The minimum absolute atomic E-state index is 0.161. The fourth-order valence-electron chi connectivity index (χ4n) is 3.77. The lowest BCUT2D eigenvalue weighted by Crippen LogP contribution is -2.36. The van der Waals surface area contributed by atoms with E-state index >= 15 is 0 Å². The van der Waals surface area contributed by atoms with Crippen LogP contribution in [-0.4, -0.2) is 36.1 Å². The second-order valence-corrected chi connectivity index (χ2v) is 9.15. The number of rotatable bonds is 5. The number of aromatic nitrogens is 1. The third kappa shape index (κ3) is 3.70. The van der Waals surface area contributed by atoms with Crippen molar-refractivity contribution in [1.82, 2.24) is 8.87 Å². The molecular weight excluding hydrogens is 356 g/mol. The highest BCUT2D eigenvalue weighted by atomic mass is 32.2. The number of para-hydroxylation sites is 1. The molecule has 4 nitrogen and oxygen atoms in total. The number of hydrogen-bond acceptors (Lipinski definition) is 2. The van der Waals surface area contributed by atoms with Gasteiger partial charge in [0.25, 0.3) is 0 Å². The van der Waals surface area contributed by atoms with Crippen LogP contribution < -0.4 is 0 Å². The van der Waals surface area contributed by atoms with E-state index in [9.17, 15) is 8.42 Å². The summed E-state index contributed by atoms with van der Waals surface area (Å²) in [6.45, 7) is 1.00. The number of fused-ring (bicyclic) bond motifs is 1. The van der Waals surface area contributed by atoms with Crippen molar-refractivity contribution in [3.8, 4) is 0 Å². The molecular formula is C22H24N2O2S. The minimum atomic E-state index is -3.24. The molecule has 4 rings (SSSR count). The molecule has 0 saturated carbocycles. The van der Waals surface area contributed by atoms with E-state index in [-0.39, 0.29) is 5.75 Å². The smallest absolute Gasteiger partial charge is 0.214 e. The molecule has 27 heavy (non-hydrogen) atoms. The van der Waals surface area contributed by atoms with Gasteiger partial charge in [0.1, 0.15) is 0 Å². The predicted octanol–water partition coefficient (Wildman–Crippen LogP) is 3.84. The van der Waals surface area contributed by atoms with Gasteiger partial charge in [0, 0.05) is 42.8 Å². The lowest BCUT2D eigenvalue weighted by molar-refractivity contribution is 0.441. The number of nitrogens with zero attached hydrogens (tertiary/aromatic N) is 2. The molecule has 2 heterocycles. The van der Waals surface area contributed by atoms with Crippen LogP contribution in [0.25, 0.3) is 16.5 Å². The molecule has 0 amide bonds. The van der Waals surface area contributed by atoms with Gasteiger partial charge in [0.2, 0.25) is 10.0 Å². The van der Waals surface area contributed by atoms with Gasteiger partial charge in [-0.05, 0) is 30.0 Å².